The van der Waals surface area contributed by atoms with Crippen LogP contribution in [0.25, 0.3) is 0 Å². The zero-order valence-corrected chi connectivity index (χ0v) is 7.98. The van der Waals surface area contributed by atoms with E-state index in [4.69, 9.17) is 5.11 Å². The average Bonchev–Trinajstić information content (AvgIpc) is 2.50. The molecule has 3 nitrogen and oxygen atoms in total. The Balaban J connectivity index is 2.31. The van der Waals surface area contributed by atoms with Gasteiger partial charge in [-0.05, 0) is 11.8 Å². The van der Waals surface area contributed by atoms with Crippen LogP contribution in [-0.4, -0.2) is 25.9 Å². The molecule has 0 unspecified atom stereocenters. The SMILES string of the molecule is OCc1cn(CCSC(F)(F)F)cn1. The number of imidazole rings is 1. The van der Waals surface area contributed by atoms with Crippen molar-refractivity contribution in [1.82, 2.24) is 9.55 Å². The number of aryl methyl sites for hydroxylation is 1. The van der Waals surface area contributed by atoms with Crippen LogP contribution in [0.3, 0.4) is 0 Å². The Kier molecular flexibility index (Phi) is 3.82. The molecule has 1 aromatic rings. The van der Waals surface area contributed by atoms with Crippen molar-refractivity contribution in [3.05, 3.63) is 18.2 Å². The summed E-state index contributed by atoms with van der Waals surface area (Å²) in [5.41, 5.74) is -3.72. The first-order valence-corrected chi connectivity index (χ1v) is 4.82. The van der Waals surface area contributed by atoms with E-state index in [0.29, 0.717) is 5.69 Å². The van der Waals surface area contributed by atoms with E-state index in [9.17, 15) is 13.2 Å². The highest BCUT2D eigenvalue weighted by Crippen LogP contribution is 2.29. The number of aliphatic hydroxyl groups excluding tert-OH is 1. The zero-order valence-electron chi connectivity index (χ0n) is 7.16. The molecule has 0 bridgehead atoms. The molecule has 0 radical (unpaired) electrons. The number of hydrogen-bond donors (Lipinski definition) is 1. The maximum atomic E-state index is 11.7. The first kappa shape index (κ1) is 11.4. The van der Waals surface area contributed by atoms with E-state index >= 15 is 0 Å². The molecule has 1 heterocycles. The molecule has 0 amide bonds. The average molecular weight is 226 g/mol. The predicted molar refractivity (Wildman–Crippen MR) is 46.7 cm³/mol. The van der Waals surface area contributed by atoms with Gasteiger partial charge in [0.25, 0.3) is 0 Å². The van der Waals surface area contributed by atoms with Crippen LogP contribution >= 0.6 is 11.8 Å². The fraction of sp³-hybridized carbons (Fsp3) is 0.571. The normalized spacial score (nSPS) is 12.0. The summed E-state index contributed by atoms with van der Waals surface area (Å²) < 4.78 is 36.7. The molecule has 7 heteroatoms. The molecule has 1 aromatic heterocycles. The van der Waals surface area contributed by atoms with Crippen LogP contribution in [0, 0.1) is 0 Å². The lowest BCUT2D eigenvalue weighted by Gasteiger charge is -2.05. The molecule has 1 rings (SSSR count). The van der Waals surface area contributed by atoms with Gasteiger partial charge in [-0.3, -0.25) is 0 Å². The molecular weight excluding hydrogens is 217 g/mol. The third-order valence-electron chi connectivity index (χ3n) is 1.46. The fourth-order valence-corrected chi connectivity index (χ4v) is 1.41. The predicted octanol–water partition coefficient (Wildman–Crippen LogP) is 1.63. The summed E-state index contributed by atoms with van der Waals surface area (Å²) in [6, 6.07) is 0. The summed E-state index contributed by atoms with van der Waals surface area (Å²) in [6.07, 6.45) is 2.93. The summed E-state index contributed by atoms with van der Waals surface area (Å²) in [7, 11) is 0. The van der Waals surface area contributed by atoms with Crippen LogP contribution in [-0.2, 0) is 13.2 Å². The summed E-state index contributed by atoms with van der Waals surface area (Å²) in [5.74, 6) is -0.0509. The van der Waals surface area contributed by atoms with E-state index in [1.165, 1.54) is 17.1 Å². The van der Waals surface area contributed by atoms with Crippen molar-refractivity contribution >= 4 is 11.8 Å². The van der Waals surface area contributed by atoms with Gasteiger partial charge in [0.05, 0.1) is 18.6 Å². The maximum absolute atomic E-state index is 11.7. The smallest absolute Gasteiger partial charge is 0.390 e. The standard InChI is InChI=1S/C7H9F3N2OS/c8-7(9,10)14-2-1-12-3-6(4-13)11-5-12/h3,5,13H,1-2,4H2. The highest BCUT2D eigenvalue weighted by atomic mass is 32.2. The van der Waals surface area contributed by atoms with Crippen LogP contribution < -0.4 is 0 Å². The third kappa shape index (κ3) is 4.01. The third-order valence-corrected chi connectivity index (χ3v) is 2.18. The molecule has 0 spiro atoms. The number of rotatable bonds is 4. The first-order valence-electron chi connectivity index (χ1n) is 3.83. The summed E-state index contributed by atoms with van der Waals surface area (Å²) in [5, 5.41) is 8.64. The Bertz CT molecular complexity index is 287. The van der Waals surface area contributed by atoms with Gasteiger partial charge in [0.1, 0.15) is 0 Å². The first-order chi connectivity index (χ1) is 6.51. The van der Waals surface area contributed by atoms with Crippen LogP contribution in [0.2, 0.25) is 0 Å². The van der Waals surface area contributed by atoms with Crippen molar-refractivity contribution in [2.45, 2.75) is 18.7 Å². The lowest BCUT2D eigenvalue weighted by Crippen LogP contribution is -2.05. The molecule has 1 N–H and O–H groups in total. The van der Waals surface area contributed by atoms with Gasteiger partial charge in [-0.2, -0.15) is 13.2 Å². The number of aliphatic hydroxyl groups is 1. The Labute approximate surface area is 82.9 Å². The lowest BCUT2D eigenvalue weighted by atomic mass is 10.5. The van der Waals surface area contributed by atoms with Crippen molar-refractivity contribution in [2.75, 3.05) is 5.75 Å². The van der Waals surface area contributed by atoms with E-state index in [1.54, 1.807) is 0 Å². The highest BCUT2D eigenvalue weighted by Gasteiger charge is 2.27. The van der Waals surface area contributed by atoms with E-state index in [-0.39, 0.29) is 30.7 Å². The molecule has 0 aliphatic heterocycles. The van der Waals surface area contributed by atoms with Gasteiger partial charge >= 0.3 is 5.51 Å². The second-order valence-corrected chi connectivity index (χ2v) is 3.71. The second kappa shape index (κ2) is 4.70. The minimum atomic E-state index is -4.18. The molecule has 0 atom stereocenters. The van der Waals surface area contributed by atoms with Gasteiger partial charge < -0.3 is 9.67 Å². The van der Waals surface area contributed by atoms with E-state index in [0.717, 1.165) is 0 Å². The highest BCUT2D eigenvalue weighted by molar-refractivity contribution is 8.00. The van der Waals surface area contributed by atoms with Gasteiger partial charge in [0.15, 0.2) is 0 Å². The van der Waals surface area contributed by atoms with Gasteiger partial charge in [-0.25, -0.2) is 4.98 Å². The van der Waals surface area contributed by atoms with Gasteiger partial charge in [0, 0.05) is 18.5 Å². The van der Waals surface area contributed by atoms with E-state index in [2.05, 4.69) is 4.98 Å². The molecular formula is C7H9F3N2OS. The molecule has 0 aliphatic carbocycles. The summed E-state index contributed by atoms with van der Waals surface area (Å²) in [6.45, 7) is 0.0383. The largest absolute Gasteiger partial charge is 0.441 e. The quantitative estimate of drug-likeness (QED) is 0.848. The second-order valence-electron chi connectivity index (χ2n) is 2.56. The van der Waals surface area contributed by atoms with Crippen molar-refractivity contribution in [3.8, 4) is 0 Å². The van der Waals surface area contributed by atoms with Crippen molar-refractivity contribution in [1.29, 1.82) is 0 Å². The molecule has 0 aliphatic rings. The van der Waals surface area contributed by atoms with Crippen molar-refractivity contribution in [2.24, 2.45) is 0 Å². The molecule has 0 saturated heterocycles. The number of thioether (sulfide) groups is 1. The maximum Gasteiger partial charge on any atom is 0.441 e. The molecule has 0 fully saturated rings. The van der Waals surface area contributed by atoms with Crippen LogP contribution in [0.5, 0.6) is 0 Å². The number of hydrogen-bond acceptors (Lipinski definition) is 3. The number of aromatic nitrogens is 2. The zero-order chi connectivity index (χ0) is 10.6. The Morgan fingerprint density at radius 3 is 2.71 bits per heavy atom. The Hall–Kier alpha value is -0.690. The number of nitrogens with zero attached hydrogens (tertiary/aromatic N) is 2. The molecule has 80 valence electrons. The number of halogens is 3. The number of alkyl halides is 3. The van der Waals surface area contributed by atoms with Crippen LogP contribution in [0.1, 0.15) is 5.69 Å². The topological polar surface area (TPSA) is 38.0 Å². The minimum Gasteiger partial charge on any atom is -0.390 e. The van der Waals surface area contributed by atoms with Crippen LogP contribution in [0.15, 0.2) is 12.5 Å². The molecule has 0 aromatic carbocycles. The van der Waals surface area contributed by atoms with Crippen molar-refractivity contribution < 1.29 is 18.3 Å². The van der Waals surface area contributed by atoms with E-state index < -0.39 is 5.51 Å². The summed E-state index contributed by atoms with van der Waals surface area (Å²) >= 11 is -0.0658. The summed E-state index contributed by atoms with van der Waals surface area (Å²) in [4.78, 5) is 3.77. The van der Waals surface area contributed by atoms with Crippen LogP contribution in [0.4, 0.5) is 13.2 Å². The molecule has 14 heavy (non-hydrogen) atoms. The Morgan fingerprint density at radius 1 is 1.50 bits per heavy atom. The van der Waals surface area contributed by atoms with E-state index in [1.807, 2.05) is 0 Å². The van der Waals surface area contributed by atoms with Gasteiger partial charge in [-0.1, -0.05) is 0 Å². The fourth-order valence-electron chi connectivity index (χ4n) is 0.877. The Morgan fingerprint density at radius 2 is 2.21 bits per heavy atom. The lowest BCUT2D eigenvalue weighted by molar-refractivity contribution is -0.0328. The monoisotopic (exact) mass is 226 g/mol. The molecule has 0 saturated carbocycles. The van der Waals surface area contributed by atoms with Gasteiger partial charge in [0.2, 0.25) is 0 Å². The van der Waals surface area contributed by atoms with Crippen molar-refractivity contribution in [3.63, 3.8) is 0 Å². The minimum absolute atomic E-state index is 0.0509. The van der Waals surface area contributed by atoms with Gasteiger partial charge in [-0.15, -0.1) is 0 Å².